The molecule has 0 aliphatic rings. The number of nitrogens with one attached hydrogen (secondary N) is 1. The van der Waals surface area contributed by atoms with Gasteiger partial charge in [0, 0.05) is 12.1 Å². The molecular formula is C29H33ClFNO4. The topological polar surface area (TPSA) is 78.8 Å². The van der Waals surface area contributed by atoms with Gasteiger partial charge < -0.3 is 20.3 Å². The first-order chi connectivity index (χ1) is 17.1. The number of carbonyl (C=O) groups is 1. The first-order valence-electron chi connectivity index (χ1n) is 11.9. The van der Waals surface area contributed by atoms with Crippen molar-refractivity contribution < 1.29 is 24.1 Å². The Balaban J connectivity index is 1.54. The van der Waals surface area contributed by atoms with Crippen LogP contribution in [0.4, 0.5) is 4.39 Å². The van der Waals surface area contributed by atoms with Crippen LogP contribution >= 0.6 is 11.6 Å². The van der Waals surface area contributed by atoms with Crippen molar-refractivity contribution in [2.75, 3.05) is 19.8 Å². The highest BCUT2D eigenvalue weighted by Crippen LogP contribution is 2.29. The molecule has 0 fully saturated rings. The average Bonchev–Trinajstić information content (AvgIpc) is 2.83. The van der Waals surface area contributed by atoms with Gasteiger partial charge in [0.2, 0.25) is 0 Å². The molecule has 3 aromatic carbocycles. The third kappa shape index (κ3) is 7.61. The Bertz CT molecular complexity index is 1180. The van der Waals surface area contributed by atoms with Crippen LogP contribution in [-0.4, -0.2) is 47.6 Å². The van der Waals surface area contributed by atoms with Crippen molar-refractivity contribution in [2.24, 2.45) is 0 Å². The number of β-amino-alcohol motifs (C(OH)–C–C–N with tert-alkyl or cyclic N) is 1. The van der Waals surface area contributed by atoms with Crippen molar-refractivity contribution in [3.8, 4) is 11.1 Å². The second-order valence-corrected chi connectivity index (χ2v) is 10.0. The number of aliphatic hydroxyl groups excluding tert-OH is 1. The van der Waals surface area contributed by atoms with E-state index in [2.05, 4.69) is 5.32 Å². The van der Waals surface area contributed by atoms with E-state index in [0.717, 1.165) is 27.8 Å². The van der Waals surface area contributed by atoms with Gasteiger partial charge in [0.25, 0.3) is 0 Å². The number of benzene rings is 3. The average molecular weight is 514 g/mol. The number of ether oxygens (including phenoxy) is 1. The van der Waals surface area contributed by atoms with Crippen LogP contribution in [0.25, 0.3) is 11.1 Å². The summed E-state index contributed by atoms with van der Waals surface area (Å²) in [4.78, 5) is 11.6. The van der Waals surface area contributed by atoms with Crippen LogP contribution in [0.1, 0.15) is 40.9 Å². The fraction of sp³-hybridized carbons (Fsp3) is 0.345. The lowest BCUT2D eigenvalue weighted by atomic mass is 9.91. The molecule has 0 bridgehead atoms. The van der Waals surface area contributed by atoms with Gasteiger partial charge in [-0.25, -0.2) is 9.18 Å². The van der Waals surface area contributed by atoms with Gasteiger partial charge in [0.1, 0.15) is 5.82 Å². The van der Waals surface area contributed by atoms with Crippen LogP contribution in [0.3, 0.4) is 0 Å². The van der Waals surface area contributed by atoms with E-state index in [9.17, 15) is 19.4 Å². The van der Waals surface area contributed by atoms with E-state index < -0.39 is 17.9 Å². The smallest absolute Gasteiger partial charge is 0.335 e. The molecule has 3 aromatic rings. The van der Waals surface area contributed by atoms with Gasteiger partial charge in [0.15, 0.2) is 0 Å². The van der Waals surface area contributed by atoms with Crippen molar-refractivity contribution >= 4 is 17.6 Å². The number of hydrogen-bond acceptors (Lipinski definition) is 4. The van der Waals surface area contributed by atoms with Crippen molar-refractivity contribution in [3.05, 3.63) is 93.8 Å². The molecule has 0 unspecified atom stereocenters. The van der Waals surface area contributed by atoms with Gasteiger partial charge in [-0.15, -0.1) is 0 Å². The first kappa shape index (κ1) is 27.8. The lowest BCUT2D eigenvalue weighted by Crippen LogP contribution is -2.46. The van der Waals surface area contributed by atoms with Crippen LogP contribution in [0.2, 0.25) is 5.02 Å². The summed E-state index contributed by atoms with van der Waals surface area (Å²) >= 11 is 5.76. The van der Waals surface area contributed by atoms with E-state index in [0.29, 0.717) is 26.0 Å². The number of aliphatic hydroxyl groups is 1. The molecule has 0 spiro atoms. The molecule has 0 radical (unpaired) electrons. The van der Waals surface area contributed by atoms with Crippen LogP contribution in [-0.2, 0) is 17.6 Å². The van der Waals surface area contributed by atoms with Crippen LogP contribution in [0.15, 0.2) is 60.7 Å². The molecule has 0 aliphatic carbocycles. The maximum Gasteiger partial charge on any atom is 0.335 e. The molecule has 0 amide bonds. The summed E-state index contributed by atoms with van der Waals surface area (Å²) in [6.45, 7) is 6.57. The zero-order chi connectivity index (χ0) is 26.3. The fourth-order valence-corrected chi connectivity index (χ4v) is 4.39. The molecule has 3 N–H and O–H groups in total. The Morgan fingerprint density at radius 3 is 2.53 bits per heavy atom. The van der Waals surface area contributed by atoms with Crippen LogP contribution in [0.5, 0.6) is 0 Å². The monoisotopic (exact) mass is 513 g/mol. The summed E-state index contributed by atoms with van der Waals surface area (Å²) in [7, 11) is 0. The number of aromatic carboxylic acids is 1. The molecule has 5 nitrogen and oxygen atoms in total. The number of carboxylic acids is 1. The lowest BCUT2D eigenvalue weighted by molar-refractivity contribution is 0.0348. The highest BCUT2D eigenvalue weighted by atomic mass is 35.5. The summed E-state index contributed by atoms with van der Waals surface area (Å²) in [5, 5.41) is 23.4. The Kier molecular flexibility index (Phi) is 9.63. The summed E-state index contributed by atoms with van der Waals surface area (Å²) in [6.07, 6.45) is 0.354. The van der Waals surface area contributed by atoms with Crippen molar-refractivity contribution in [1.29, 1.82) is 0 Å². The first-order valence-corrected chi connectivity index (χ1v) is 12.3. The molecule has 36 heavy (non-hydrogen) atoms. The third-order valence-corrected chi connectivity index (χ3v) is 6.47. The van der Waals surface area contributed by atoms with Crippen molar-refractivity contribution in [3.63, 3.8) is 0 Å². The molecule has 0 aliphatic heterocycles. The Morgan fingerprint density at radius 2 is 1.86 bits per heavy atom. The normalized spacial score (nSPS) is 12.5. The number of carboxylic acid groups (broad SMARTS) is 1. The highest BCUT2D eigenvalue weighted by molar-refractivity contribution is 6.30. The lowest BCUT2D eigenvalue weighted by Gasteiger charge is -2.28. The van der Waals surface area contributed by atoms with Crippen LogP contribution < -0.4 is 5.32 Å². The van der Waals surface area contributed by atoms with Gasteiger partial charge >= 0.3 is 5.97 Å². The molecule has 7 heteroatoms. The van der Waals surface area contributed by atoms with E-state index in [1.54, 1.807) is 18.2 Å². The highest BCUT2D eigenvalue weighted by Gasteiger charge is 2.20. The van der Waals surface area contributed by atoms with Crippen molar-refractivity contribution in [2.45, 2.75) is 45.3 Å². The van der Waals surface area contributed by atoms with Crippen molar-refractivity contribution in [1.82, 2.24) is 5.32 Å². The van der Waals surface area contributed by atoms with Crippen LogP contribution in [0, 0.1) is 12.7 Å². The molecular weight excluding hydrogens is 481 g/mol. The SMILES string of the molecule is Cc1c(C(=O)O)ccc(-c2ccccc2)c1CCOC[C@H](O)CNC(C)(C)Cc1ccc(Cl)c(F)c1. The predicted octanol–water partition coefficient (Wildman–Crippen LogP) is 5.68. The molecule has 0 aromatic heterocycles. The Morgan fingerprint density at radius 1 is 1.14 bits per heavy atom. The minimum atomic E-state index is -0.959. The minimum Gasteiger partial charge on any atom is -0.478 e. The quantitative estimate of drug-likeness (QED) is 0.271. The maximum absolute atomic E-state index is 13.7. The molecule has 0 saturated heterocycles. The maximum atomic E-state index is 13.7. The number of rotatable bonds is 12. The van der Waals surface area contributed by atoms with Gasteiger partial charge in [-0.1, -0.05) is 54.1 Å². The second kappa shape index (κ2) is 12.5. The van der Waals surface area contributed by atoms with E-state index in [4.69, 9.17) is 16.3 Å². The zero-order valence-corrected chi connectivity index (χ0v) is 21.6. The van der Waals surface area contributed by atoms with Gasteiger partial charge in [-0.3, -0.25) is 0 Å². The summed E-state index contributed by atoms with van der Waals surface area (Å²) < 4.78 is 19.5. The van der Waals surface area contributed by atoms with E-state index >= 15 is 0 Å². The van der Waals surface area contributed by atoms with E-state index in [1.165, 1.54) is 6.07 Å². The van der Waals surface area contributed by atoms with Gasteiger partial charge in [-0.05, 0) is 79.6 Å². The van der Waals surface area contributed by atoms with E-state index in [1.807, 2.05) is 57.2 Å². The number of hydrogen-bond donors (Lipinski definition) is 3. The van der Waals surface area contributed by atoms with Gasteiger partial charge in [0.05, 0.1) is 29.9 Å². The largest absolute Gasteiger partial charge is 0.478 e. The predicted molar refractivity (Wildman–Crippen MR) is 141 cm³/mol. The summed E-state index contributed by atoms with van der Waals surface area (Å²) in [5.74, 6) is -1.40. The number of halogens is 2. The Labute approximate surface area is 216 Å². The standard InChI is InChI=1S/C29H33ClFNO4/c1-19-23(25(11-10-24(19)28(34)35)21-7-5-4-6-8-21)13-14-36-18-22(33)17-32-29(2,3)16-20-9-12-26(30)27(31)15-20/h4-12,15,22,32-33H,13-14,16-18H2,1-3H3,(H,34,35)/t22-/m1/s1. The third-order valence-electron chi connectivity index (χ3n) is 6.17. The molecule has 0 saturated carbocycles. The molecule has 0 heterocycles. The zero-order valence-electron chi connectivity index (χ0n) is 20.9. The molecule has 3 rings (SSSR count). The molecule has 1 atom stereocenters. The summed E-state index contributed by atoms with van der Waals surface area (Å²) in [5.41, 5.74) is 4.34. The molecule has 192 valence electrons. The Hall–Kier alpha value is -2.77. The minimum absolute atomic E-state index is 0.0952. The second-order valence-electron chi connectivity index (χ2n) is 9.60. The summed E-state index contributed by atoms with van der Waals surface area (Å²) in [6, 6.07) is 18.1. The van der Waals surface area contributed by atoms with E-state index in [-0.39, 0.29) is 22.7 Å². The van der Waals surface area contributed by atoms with Gasteiger partial charge in [-0.2, -0.15) is 0 Å². The fourth-order valence-electron chi connectivity index (χ4n) is 4.27.